The summed E-state index contributed by atoms with van der Waals surface area (Å²) in [7, 11) is 1.60. The number of ether oxygens (including phenoxy) is 2. The molecule has 1 fully saturated rings. The SMILES string of the molecule is COc1cncc2c1[C@]1(O)C(CCCCO)C[C@@H](c3ccccc3)[C@]1(c1ccc(Br)cc1)O2. The van der Waals surface area contributed by atoms with Crippen molar-refractivity contribution in [3.8, 4) is 11.5 Å². The molecule has 0 saturated heterocycles. The highest BCUT2D eigenvalue weighted by Crippen LogP contribution is 2.70. The van der Waals surface area contributed by atoms with Gasteiger partial charge in [0.1, 0.15) is 17.1 Å². The Hall–Kier alpha value is -2.41. The van der Waals surface area contributed by atoms with Crippen molar-refractivity contribution in [1.29, 1.82) is 0 Å². The van der Waals surface area contributed by atoms with E-state index < -0.39 is 11.2 Å². The third-order valence-electron chi connectivity index (χ3n) is 7.35. The Kier molecular flexibility index (Phi) is 5.93. The molecule has 172 valence electrons. The smallest absolute Gasteiger partial charge is 0.174 e. The normalized spacial score (nSPS) is 27.6. The van der Waals surface area contributed by atoms with Crippen molar-refractivity contribution in [1.82, 2.24) is 4.98 Å². The number of unbranched alkanes of at least 4 members (excludes halogenated alkanes) is 1. The number of fused-ring (bicyclic) bond motifs is 3. The van der Waals surface area contributed by atoms with Crippen LogP contribution in [-0.2, 0) is 11.2 Å². The van der Waals surface area contributed by atoms with E-state index >= 15 is 0 Å². The molecule has 1 unspecified atom stereocenters. The van der Waals surface area contributed by atoms with E-state index in [1.54, 1.807) is 19.5 Å². The summed E-state index contributed by atoms with van der Waals surface area (Å²) in [6.45, 7) is 0.144. The first-order valence-electron chi connectivity index (χ1n) is 11.4. The van der Waals surface area contributed by atoms with E-state index in [1.807, 2.05) is 42.5 Å². The van der Waals surface area contributed by atoms with Gasteiger partial charge >= 0.3 is 0 Å². The predicted octanol–water partition coefficient (Wildman–Crippen LogP) is 5.29. The minimum atomic E-state index is -1.32. The van der Waals surface area contributed by atoms with Crippen molar-refractivity contribution < 1.29 is 19.7 Å². The van der Waals surface area contributed by atoms with Crippen LogP contribution in [0.15, 0.2) is 71.5 Å². The zero-order chi connectivity index (χ0) is 23.1. The second kappa shape index (κ2) is 8.75. The molecular formula is C27H28BrNO4. The Balaban J connectivity index is 1.77. The molecule has 1 aliphatic carbocycles. The lowest BCUT2D eigenvalue weighted by Crippen LogP contribution is -2.50. The van der Waals surface area contributed by atoms with Gasteiger partial charge in [-0.15, -0.1) is 0 Å². The highest BCUT2D eigenvalue weighted by molar-refractivity contribution is 9.10. The van der Waals surface area contributed by atoms with Crippen molar-refractivity contribution in [2.24, 2.45) is 5.92 Å². The monoisotopic (exact) mass is 509 g/mol. The van der Waals surface area contributed by atoms with Crippen LogP contribution in [0.3, 0.4) is 0 Å². The van der Waals surface area contributed by atoms with E-state index in [0.29, 0.717) is 23.5 Å². The number of hydrogen-bond acceptors (Lipinski definition) is 5. The molecule has 5 rings (SSSR count). The van der Waals surface area contributed by atoms with Crippen LogP contribution < -0.4 is 9.47 Å². The largest absolute Gasteiger partial charge is 0.495 e. The first-order valence-corrected chi connectivity index (χ1v) is 12.2. The number of aromatic nitrogens is 1. The van der Waals surface area contributed by atoms with Crippen molar-refractivity contribution in [3.63, 3.8) is 0 Å². The highest BCUT2D eigenvalue weighted by Gasteiger charge is 2.73. The van der Waals surface area contributed by atoms with Crippen LogP contribution in [-0.4, -0.2) is 28.9 Å². The zero-order valence-corrected chi connectivity index (χ0v) is 20.2. The summed E-state index contributed by atoms with van der Waals surface area (Å²) in [6, 6.07) is 18.4. The second-order valence-electron chi connectivity index (χ2n) is 8.94. The Bertz CT molecular complexity index is 1120. The maximum atomic E-state index is 12.9. The maximum absolute atomic E-state index is 12.9. The quantitative estimate of drug-likeness (QED) is 0.423. The summed E-state index contributed by atoms with van der Waals surface area (Å²) in [5, 5.41) is 22.2. The van der Waals surface area contributed by atoms with E-state index in [4.69, 9.17) is 9.47 Å². The molecule has 1 saturated carbocycles. The number of hydrogen-bond donors (Lipinski definition) is 2. The molecule has 33 heavy (non-hydrogen) atoms. The van der Waals surface area contributed by atoms with Gasteiger partial charge in [0.15, 0.2) is 5.60 Å². The predicted molar refractivity (Wildman–Crippen MR) is 129 cm³/mol. The number of rotatable bonds is 7. The molecule has 3 aromatic rings. The van der Waals surface area contributed by atoms with Gasteiger partial charge in [-0.3, -0.25) is 4.98 Å². The van der Waals surface area contributed by atoms with Crippen LogP contribution in [0.4, 0.5) is 0 Å². The molecule has 2 aromatic carbocycles. The summed E-state index contributed by atoms with van der Waals surface area (Å²) >= 11 is 3.55. The summed E-state index contributed by atoms with van der Waals surface area (Å²) in [5.74, 6) is 0.930. The Morgan fingerprint density at radius 2 is 1.85 bits per heavy atom. The molecule has 6 heteroatoms. The number of aliphatic hydroxyl groups excluding tert-OH is 1. The zero-order valence-electron chi connectivity index (χ0n) is 18.6. The minimum Gasteiger partial charge on any atom is -0.495 e. The van der Waals surface area contributed by atoms with Gasteiger partial charge in [0, 0.05) is 17.0 Å². The first kappa shape index (κ1) is 22.4. The van der Waals surface area contributed by atoms with Crippen molar-refractivity contribution in [3.05, 3.63) is 88.2 Å². The molecule has 0 spiro atoms. The maximum Gasteiger partial charge on any atom is 0.174 e. The van der Waals surface area contributed by atoms with Gasteiger partial charge in [-0.1, -0.05) is 64.8 Å². The fourth-order valence-electron chi connectivity index (χ4n) is 6.00. The van der Waals surface area contributed by atoms with Gasteiger partial charge in [-0.2, -0.15) is 0 Å². The lowest BCUT2D eigenvalue weighted by atomic mass is 9.69. The second-order valence-corrected chi connectivity index (χ2v) is 9.86. The molecule has 2 heterocycles. The molecule has 2 N–H and O–H groups in total. The van der Waals surface area contributed by atoms with Gasteiger partial charge in [-0.25, -0.2) is 0 Å². The molecule has 1 aliphatic heterocycles. The Morgan fingerprint density at radius 1 is 1.09 bits per heavy atom. The average Bonchev–Trinajstić information content (AvgIpc) is 3.25. The summed E-state index contributed by atoms with van der Waals surface area (Å²) in [5.41, 5.74) is 0.376. The van der Waals surface area contributed by atoms with E-state index in [9.17, 15) is 10.2 Å². The van der Waals surface area contributed by atoms with Gasteiger partial charge in [0.05, 0.1) is 25.1 Å². The molecule has 0 amide bonds. The fraction of sp³-hybridized carbons (Fsp3) is 0.370. The molecule has 1 aromatic heterocycles. The summed E-state index contributed by atoms with van der Waals surface area (Å²) in [4.78, 5) is 4.32. The fourth-order valence-corrected chi connectivity index (χ4v) is 6.26. The molecular weight excluding hydrogens is 482 g/mol. The standard InChI is InChI=1S/C27H28BrNO4/c1-32-23-16-29-17-24-25(23)26(31)20(9-5-6-14-30)15-22(18-7-3-2-4-8-18)27(26,33-24)19-10-12-21(28)13-11-19/h2-4,7-8,10-13,16-17,20,22,30-31H,5-6,9,14-15H2,1H3/t20?,22-,26+,27-/m0/s1. The minimum absolute atomic E-state index is 0.0823. The van der Waals surface area contributed by atoms with E-state index in [1.165, 1.54) is 0 Å². The lowest BCUT2D eigenvalue weighted by Gasteiger charge is -2.42. The number of benzene rings is 2. The number of methoxy groups -OCH3 is 1. The van der Waals surface area contributed by atoms with E-state index in [-0.39, 0.29) is 18.4 Å². The van der Waals surface area contributed by atoms with Gasteiger partial charge < -0.3 is 19.7 Å². The molecule has 2 aliphatic rings. The van der Waals surface area contributed by atoms with Gasteiger partial charge in [0.25, 0.3) is 0 Å². The van der Waals surface area contributed by atoms with E-state index in [0.717, 1.165) is 34.9 Å². The van der Waals surface area contributed by atoms with Crippen molar-refractivity contribution in [2.75, 3.05) is 13.7 Å². The van der Waals surface area contributed by atoms with Crippen LogP contribution >= 0.6 is 15.9 Å². The lowest BCUT2D eigenvalue weighted by molar-refractivity contribution is -0.129. The average molecular weight is 510 g/mol. The molecule has 0 bridgehead atoms. The van der Waals surface area contributed by atoms with E-state index in [2.05, 4.69) is 33.0 Å². The third kappa shape index (κ3) is 3.30. The van der Waals surface area contributed by atoms with Crippen LogP contribution in [0.5, 0.6) is 11.5 Å². The number of halogens is 1. The van der Waals surface area contributed by atoms with Crippen LogP contribution in [0.25, 0.3) is 0 Å². The van der Waals surface area contributed by atoms with Crippen LogP contribution in [0.1, 0.15) is 48.3 Å². The van der Waals surface area contributed by atoms with Crippen LogP contribution in [0.2, 0.25) is 0 Å². The first-order chi connectivity index (χ1) is 16.1. The van der Waals surface area contributed by atoms with Crippen LogP contribution in [0, 0.1) is 5.92 Å². The number of pyridine rings is 1. The number of aliphatic hydroxyl groups is 2. The van der Waals surface area contributed by atoms with Gasteiger partial charge in [-0.05, 0) is 48.4 Å². The molecule has 4 atom stereocenters. The summed E-state index contributed by atoms with van der Waals surface area (Å²) in [6.07, 6.45) is 6.39. The third-order valence-corrected chi connectivity index (χ3v) is 7.88. The van der Waals surface area contributed by atoms with Crippen molar-refractivity contribution >= 4 is 15.9 Å². The Labute approximate surface area is 202 Å². The van der Waals surface area contributed by atoms with Gasteiger partial charge in [0.2, 0.25) is 0 Å². The Morgan fingerprint density at radius 3 is 2.55 bits per heavy atom. The number of nitrogens with zero attached hydrogens (tertiary/aromatic N) is 1. The van der Waals surface area contributed by atoms with Crippen molar-refractivity contribution in [2.45, 2.75) is 42.8 Å². The molecule has 5 nitrogen and oxygen atoms in total. The topological polar surface area (TPSA) is 71.8 Å². The summed E-state index contributed by atoms with van der Waals surface area (Å²) < 4.78 is 13.5. The highest BCUT2D eigenvalue weighted by atomic mass is 79.9. The molecule has 0 radical (unpaired) electrons.